The van der Waals surface area contributed by atoms with Crippen molar-refractivity contribution in [3.63, 3.8) is 0 Å². The molecule has 1 saturated heterocycles. The van der Waals surface area contributed by atoms with E-state index in [9.17, 15) is 9.59 Å². The van der Waals surface area contributed by atoms with E-state index in [1.54, 1.807) is 0 Å². The number of rotatable bonds is 5. The summed E-state index contributed by atoms with van der Waals surface area (Å²) in [5.74, 6) is -0.291. The van der Waals surface area contributed by atoms with E-state index in [2.05, 4.69) is 24.9 Å². The minimum atomic E-state index is -0.583. The van der Waals surface area contributed by atoms with Gasteiger partial charge in [0.05, 0.1) is 0 Å². The highest BCUT2D eigenvalue weighted by molar-refractivity contribution is 5.94. The highest BCUT2D eigenvalue weighted by Crippen LogP contribution is 2.19. The maximum Gasteiger partial charge on any atom is 0.438 e. The number of hydrogen-bond donors (Lipinski definition) is 2. The van der Waals surface area contributed by atoms with E-state index in [0.717, 1.165) is 13.1 Å². The fraction of sp³-hybridized carbons (Fsp3) is 0.471. The maximum atomic E-state index is 12.1. The van der Waals surface area contributed by atoms with Gasteiger partial charge in [-0.1, -0.05) is 18.0 Å². The average Bonchev–Trinajstić information content (AvgIpc) is 2.85. The number of aromatic amines is 1. The van der Waals surface area contributed by atoms with E-state index in [1.807, 2.05) is 24.3 Å². The van der Waals surface area contributed by atoms with E-state index in [0.29, 0.717) is 24.4 Å². The lowest BCUT2D eigenvalue weighted by molar-refractivity contribution is 0.0954. The smallest absolute Gasteiger partial charge is 0.372 e. The number of amides is 1. The first kappa shape index (κ1) is 16.3. The van der Waals surface area contributed by atoms with Gasteiger partial charge in [-0.05, 0) is 37.1 Å². The second-order valence-electron chi connectivity index (χ2n) is 6.00. The highest BCUT2D eigenvalue weighted by Gasteiger charge is 2.11. The summed E-state index contributed by atoms with van der Waals surface area (Å²) >= 11 is 0. The molecule has 1 aromatic heterocycles. The number of nitrogens with zero attached hydrogens (tertiary/aromatic N) is 2. The number of H-pyrrole nitrogens is 1. The Hall–Kier alpha value is -2.57. The molecule has 3 rings (SSSR count). The zero-order valence-corrected chi connectivity index (χ0v) is 13.6. The second-order valence-corrected chi connectivity index (χ2v) is 6.00. The summed E-state index contributed by atoms with van der Waals surface area (Å²) in [6.45, 7) is 2.55. The summed E-state index contributed by atoms with van der Waals surface area (Å²) in [6, 6.07) is 7.73. The minimum absolute atomic E-state index is 0.136. The van der Waals surface area contributed by atoms with Crippen molar-refractivity contribution < 1.29 is 9.32 Å². The lowest BCUT2D eigenvalue weighted by Crippen LogP contribution is -2.26. The van der Waals surface area contributed by atoms with Crippen molar-refractivity contribution in [1.82, 2.24) is 15.5 Å². The molecule has 2 heterocycles. The van der Waals surface area contributed by atoms with Crippen LogP contribution in [0.1, 0.15) is 41.9 Å². The molecule has 0 bridgehead atoms. The van der Waals surface area contributed by atoms with Crippen LogP contribution in [-0.2, 0) is 6.42 Å². The molecule has 0 atom stereocenters. The molecule has 1 fully saturated rings. The summed E-state index contributed by atoms with van der Waals surface area (Å²) in [6.07, 6.45) is 5.48. The Balaban J connectivity index is 1.52. The van der Waals surface area contributed by atoms with Crippen LogP contribution >= 0.6 is 0 Å². The first-order chi connectivity index (χ1) is 11.7. The molecule has 2 aromatic rings. The van der Waals surface area contributed by atoms with E-state index in [4.69, 9.17) is 0 Å². The van der Waals surface area contributed by atoms with Crippen LogP contribution in [-0.4, -0.2) is 35.7 Å². The summed E-state index contributed by atoms with van der Waals surface area (Å²) in [4.78, 5) is 27.8. The number of nitrogens with one attached hydrogen (secondary N) is 2. The van der Waals surface area contributed by atoms with E-state index in [-0.39, 0.29) is 5.91 Å². The quantitative estimate of drug-likeness (QED) is 0.871. The Kier molecular flexibility index (Phi) is 5.30. The number of carbonyl (C=O) groups is 1. The van der Waals surface area contributed by atoms with Gasteiger partial charge >= 0.3 is 5.76 Å². The third kappa shape index (κ3) is 4.24. The van der Waals surface area contributed by atoms with Gasteiger partial charge in [0.25, 0.3) is 5.91 Å². The molecule has 1 amide bonds. The number of hydrogen-bond acceptors (Lipinski definition) is 5. The molecule has 0 radical (unpaired) electrons. The topological polar surface area (TPSA) is 91.2 Å². The molecule has 1 aliphatic rings. The van der Waals surface area contributed by atoms with Gasteiger partial charge < -0.3 is 10.2 Å². The van der Waals surface area contributed by atoms with Crippen molar-refractivity contribution in [3.8, 4) is 0 Å². The molecule has 0 aliphatic carbocycles. The van der Waals surface area contributed by atoms with Crippen molar-refractivity contribution in [3.05, 3.63) is 46.2 Å². The predicted octanol–water partition coefficient (Wildman–Crippen LogP) is 1.72. The second kappa shape index (κ2) is 7.81. The fourth-order valence-corrected chi connectivity index (χ4v) is 2.92. The molecular weight excluding hydrogens is 308 g/mol. The van der Waals surface area contributed by atoms with Crippen molar-refractivity contribution in [1.29, 1.82) is 0 Å². The lowest BCUT2D eigenvalue weighted by Gasteiger charge is -2.22. The van der Waals surface area contributed by atoms with Crippen molar-refractivity contribution in [2.24, 2.45) is 0 Å². The van der Waals surface area contributed by atoms with Crippen LogP contribution in [0.5, 0.6) is 0 Å². The van der Waals surface area contributed by atoms with Crippen molar-refractivity contribution in [2.75, 3.05) is 24.5 Å². The predicted molar refractivity (Wildman–Crippen MR) is 90.3 cm³/mol. The molecule has 1 aliphatic heterocycles. The first-order valence-corrected chi connectivity index (χ1v) is 8.40. The van der Waals surface area contributed by atoms with E-state index >= 15 is 0 Å². The molecule has 0 unspecified atom stereocenters. The van der Waals surface area contributed by atoms with Gasteiger partial charge in [-0.25, -0.2) is 4.79 Å². The average molecular weight is 330 g/mol. The molecular formula is C17H22N4O3. The Bertz CT molecular complexity index is 712. The first-order valence-electron chi connectivity index (χ1n) is 8.40. The number of carbonyl (C=O) groups excluding carboxylic acids is 1. The molecule has 1 aromatic carbocycles. The van der Waals surface area contributed by atoms with Crippen LogP contribution in [0.4, 0.5) is 5.69 Å². The summed E-state index contributed by atoms with van der Waals surface area (Å²) in [5.41, 5.74) is 1.80. The van der Waals surface area contributed by atoms with Gasteiger partial charge in [0.1, 0.15) is 0 Å². The summed E-state index contributed by atoms with van der Waals surface area (Å²) < 4.78 is 4.41. The Morgan fingerprint density at radius 2 is 1.88 bits per heavy atom. The Morgan fingerprint density at radius 1 is 1.17 bits per heavy atom. The fourth-order valence-electron chi connectivity index (χ4n) is 2.92. The monoisotopic (exact) mass is 330 g/mol. The van der Waals surface area contributed by atoms with Crippen LogP contribution in [0.2, 0.25) is 0 Å². The largest absolute Gasteiger partial charge is 0.438 e. The molecule has 7 nitrogen and oxygen atoms in total. The van der Waals surface area contributed by atoms with Crippen LogP contribution in [0.3, 0.4) is 0 Å². The molecule has 2 N–H and O–H groups in total. The molecule has 7 heteroatoms. The molecule has 24 heavy (non-hydrogen) atoms. The normalized spacial score (nSPS) is 15.1. The number of anilines is 1. The summed E-state index contributed by atoms with van der Waals surface area (Å²) in [7, 11) is 0. The van der Waals surface area contributed by atoms with E-state index < -0.39 is 5.76 Å². The SMILES string of the molecule is O=C(NCCc1noc(=O)[nH]1)c1ccc(N2CCCCCC2)cc1. The van der Waals surface area contributed by atoms with Gasteiger partial charge in [-0.2, -0.15) is 0 Å². The Labute approximate surface area is 140 Å². The minimum Gasteiger partial charge on any atom is -0.372 e. The highest BCUT2D eigenvalue weighted by atomic mass is 16.5. The van der Waals surface area contributed by atoms with Crippen LogP contribution in [0.25, 0.3) is 0 Å². The van der Waals surface area contributed by atoms with Crippen molar-refractivity contribution >= 4 is 11.6 Å². The maximum absolute atomic E-state index is 12.1. The number of aromatic nitrogens is 2. The van der Waals surface area contributed by atoms with Gasteiger partial charge in [-0.3, -0.25) is 14.3 Å². The molecule has 128 valence electrons. The van der Waals surface area contributed by atoms with Crippen LogP contribution in [0, 0.1) is 0 Å². The Morgan fingerprint density at radius 3 is 2.50 bits per heavy atom. The van der Waals surface area contributed by atoms with Gasteiger partial charge in [0.15, 0.2) is 5.82 Å². The molecule has 0 saturated carbocycles. The third-order valence-electron chi connectivity index (χ3n) is 4.23. The zero-order chi connectivity index (χ0) is 16.8. The zero-order valence-electron chi connectivity index (χ0n) is 13.6. The lowest BCUT2D eigenvalue weighted by atomic mass is 10.1. The standard InChI is InChI=1S/C17H22N4O3/c22-16(18-10-9-15-19-17(23)24-20-15)13-5-7-14(8-6-13)21-11-3-1-2-4-12-21/h5-8H,1-4,9-12H2,(H,18,22)(H,19,20,23). The number of benzene rings is 1. The van der Waals surface area contributed by atoms with Gasteiger partial charge in [0, 0.05) is 37.3 Å². The molecule has 0 spiro atoms. The van der Waals surface area contributed by atoms with Gasteiger partial charge in [0.2, 0.25) is 0 Å². The van der Waals surface area contributed by atoms with Crippen LogP contribution in [0.15, 0.2) is 33.6 Å². The summed E-state index contributed by atoms with van der Waals surface area (Å²) in [5, 5.41) is 6.37. The van der Waals surface area contributed by atoms with E-state index in [1.165, 1.54) is 31.4 Å². The van der Waals surface area contributed by atoms with Crippen molar-refractivity contribution in [2.45, 2.75) is 32.1 Å². The third-order valence-corrected chi connectivity index (χ3v) is 4.23. The van der Waals surface area contributed by atoms with Gasteiger partial charge in [-0.15, -0.1) is 0 Å². The van der Waals surface area contributed by atoms with Crippen LogP contribution < -0.4 is 16.0 Å².